The molecule has 2 aliphatic rings. The van der Waals surface area contributed by atoms with Gasteiger partial charge in [0.2, 0.25) is 0 Å². The van der Waals surface area contributed by atoms with Crippen molar-refractivity contribution in [1.29, 1.82) is 0 Å². The quantitative estimate of drug-likeness (QED) is 0.485. The molecule has 0 saturated heterocycles. The SMILES string of the molecule is O=C1C=CC2(C=C1)C(c1ccccc1)=C(I)C(=O)N2Cc1ccccc1I. The van der Waals surface area contributed by atoms with Crippen LogP contribution in [0.25, 0.3) is 5.57 Å². The first-order chi connectivity index (χ1) is 13.0. The predicted octanol–water partition coefficient (Wildman–Crippen LogP) is 4.91. The molecule has 134 valence electrons. The molecule has 0 saturated carbocycles. The Hall–Kier alpha value is -1.74. The molecule has 5 heteroatoms. The Morgan fingerprint density at radius 1 is 0.852 bits per heavy atom. The molecule has 0 bridgehead atoms. The molecule has 4 rings (SSSR count). The number of benzene rings is 2. The van der Waals surface area contributed by atoms with Crippen LogP contribution < -0.4 is 0 Å². The first-order valence-corrected chi connectivity index (χ1v) is 10.6. The number of carbonyl (C=O) groups excluding carboxylic acids is 2. The van der Waals surface area contributed by atoms with Crippen molar-refractivity contribution in [3.05, 3.63) is 97.2 Å². The predicted molar refractivity (Wildman–Crippen MR) is 123 cm³/mol. The van der Waals surface area contributed by atoms with Gasteiger partial charge in [0.25, 0.3) is 5.91 Å². The fraction of sp³-hybridized carbons (Fsp3) is 0.0909. The third kappa shape index (κ3) is 3.20. The molecule has 0 aromatic heterocycles. The summed E-state index contributed by atoms with van der Waals surface area (Å²) in [6.45, 7) is 0.476. The van der Waals surface area contributed by atoms with Crippen molar-refractivity contribution >= 4 is 62.4 Å². The van der Waals surface area contributed by atoms with Crippen molar-refractivity contribution in [3.63, 3.8) is 0 Å². The lowest BCUT2D eigenvalue weighted by atomic mass is 9.82. The van der Waals surface area contributed by atoms with E-state index in [1.54, 1.807) is 12.2 Å². The van der Waals surface area contributed by atoms with Gasteiger partial charge in [-0.2, -0.15) is 0 Å². The van der Waals surface area contributed by atoms with Gasteiger partial charge in [0, 0.05) is 15.7 Å². The Morgan fingerprint density at radius 2 is 1.48 bits per heavy atom. The summed E-state index contributed by atoms with van der Waals surface area (Å²) in [6.07, 6.45) is 6.84. The fourth-order valence-corrected chi connectivity index (χ4v) is 5.14. The Balaban J connectivity index is 1.87. The molecule has 0 atom stereocenters. The first-order valence-electron chi connectivity index (χ1n) is 8.46. The highest BCUT2D eigenvalue weighted by Crippen LogP contribution is 2.48. The summed E-state index contributed by atoms with van der Waals surface area (Å²) in [5.74, 6) is -0.0746. The van der Waals surface area contributed by atoms with Crippen LogP contribution in [0.5, 0.6) is 0 Å². The van der Waals surface area contributed by atoms with E-state index in [1.165, 1.54) is 0 Å². The maximum absolute atomic E-state index is 13.3. The zero-order valence-electron chi connectivity index (χ0n) is 14.2. The second kappa shape index (κ2) is 7.35. The highest BCUT2D eigenvalue weighted by Gasteiger charge is 2.49. The van der Waals surface area contributed by atoms with Crippen LogP contribution in [-0.4, -0.2) is 22.1 Å². The van der Waals surface area contributed by atoms with E-state index in [4.69, 9.17) is 0 Å². The van der Waals surface area contributed by atoms with E-state index < -0.39 is 5.54 Å². The molecule has 1 heterocycles. The Bertz CT molecular complexity index is 1010. The van der Waals surface area contributed by atoms with Crippen molar-refractivity contribution in [1.82, 2.24) is 4.90 Å². The Morgan fingerprint density at radius 3 is 2.15 bits per heavy atom. The molecule has 27 heavy (non-hydrogen) atoms. The third-order valence-electron chi connectivity index (χ3n) is 4.85. The Labute approximate surface area is 185 Å². The van der Waals surface area contributed by atoms with Gasteiger partial charge in [-0.3, -0.25) is 9.59 Å². The van der Waals surface area contributed by atoms with Gasteiger partial charge >= 0.3 is 0 Å². The van der Waals surface area contributed by atoms with E-state index in [0.29, 0.717) is 10.1 Å². The number of allylic oxidation sites excluding steroid dienone is 2. The zero-order chi connectivity index (χ0) is 19.0. The number of rotatable bonds is 3. The molecule has 0 N–H and O–H groups in total. The van der Waals surface area contributed by atoms with Crippen LogP contribution in [0.3, 0.4) is 0 Å². The molecule has 2 aromatic rings. The lowest BCUT2D eigenvalue weighted by Crippen LogP contribution is -2.45. The van der Waals surface area contributed by atoms with Crippen LogP contribution in [0.2, 0.25) is 0 Å². The van der Waals surface area contributed by atoms with E-state index in [0.717, 1.165) is 20.3 Å². The molecule has 1 spiro atoms. The average molecular weight is 579 g/mol. The van der Waals surface area contributed by atoms with Gasteiger partial charge in [0.1, 0.15) is 5.54 Å². The normalized spacial score (nSPS) is 18.1. The molecule has 1 aliphatic carbocycles. The minimum Gasteiger partial charge on any atom is -0.317 e. The fourth-order valence-electron chi connectivity index (χ4n) is 3.54. The van der Waals surface area contributed by atoms with Gasteiger partial charge in [-0.05, 0) is 86.7 Å². The lowest BCUT2D eigenvalue weighted by molar-refractivity contribution is -0.127. The number of hydrogen-bond donors (Lipinski definition) is 0. The number of hydrogen-bond acceptors (Lipinski definition) is 2. The summed E-state index contributed by atoms with van der Waals surface area (Å²) < 4.78 is 1.80. The summed E-state index contributed by atoms with van der Waals surface area (Å²) in [4.78, 5) is 27.0. The van der Waals surface area contributed by atoms with Gasteiger partial charge < -0.3 is 4.90 Å². The standard InChI is InChI=1S/C22H15I2NO2/c23-18-9-5-4-8-16(18)14-25-21(27)20(24)19(15-6-2-1-3-7-15)22(25)12-10-17(26)11-13-22/h1-13H,14H2. The molecule has 1 aliphatic heterocycles. The molecular weight excluding hydrogens is 564 g/mol. The van der Waals surface area contributed by atoms with Gasteiger partial charge in [0.15, 0.2) is 5.78 Å². The van der Waals surface area contributed by atoms with Gasteiger partial charge in [-0.15, -0.1) is 0 Å². The highest BCUT2D eigenvalue weighted by molar-refractivity contribution is 14.1. The van der Waals surface area contributed by atoms with E-state index in [9.17, 15) is 9.59 Å². The number of halogens is 2. The van der Waals surface area contributed by atoms with Crippen molar-refractivity contribution in [3.8, 4) is 0 Å². The number of carbonyl (C=O) groups is 2. The van der Waals surface area contributed by atoms with Crippen LogP contribution in [0.15, 0.2) is 82.5 Å². The smallest absolute Gasteiger partial charge is 0.261 e. The summed E-state index contributed by atoms with van der Waals surface area (Å²) in [6, 6.07) is 18.0. The molecule has 2 aromatic carbocycles. The van der Waals surface area contributed by atoms with Crippen LogP contribution >= 0.6 is 45.2 Å². The van der Waals surface area contributed by atoms with Crippen molar-refractivity contribution in [2.75, 3.05) is 0 Å². The molecule has 1 amide bonds. The van der Waals surface area contributed by atoms with Crippen LogP contribution in [0, 0.1) is 3.57 Å². The van der Waals surface area contributed by atoms with E-state index in [1.807, 2.05) is 71.6 Å². The second-order valence-corrected chi connectivity index (χ2v) is 8.67. The monoisotopic (exact) mass is 579 g/mol. The van der Waals surface area contributed by atoms with Gasteiger partial charge in [-0.1, -0.05) is 48.5 Å². The topological polar surface area (TPSA) is 37.4 Å². The number of amides is 1. The lowest BCUT2D eigenvalue weighted by Gasteiger charge is -2.37. The number of ketones is 1. The molecule has 0 fully saturated rings. The minimum atomic E-state index is -0.748. The zero-order valence-corrected chi connectivity index (χ0v) is 18.5. The first kappa shape index (κ1) is 18.6. The maximum Gasteiger partial charge on any atom is 0.261 e. The van der Waals surface area contributed by atoms with Crippen LogP contribution in [0.4, 0.5) is 0 Å². The highest BCUT2D eigenvalue weighted by atomic mass is 127. The van der Waals surface area contributed by atoms with Crippen LogP contribution in [0.1, 0.15) is 11.1 Å². The van der Waals surface area contributed by atoms with Crippen molar-refractivity contribution in [2.45, 2.75) is 12.1 Å². The van der Waals surface area contributed by atoms with Crippen molar-refractivity contribution in [2.24, 2.45) is 0 Å². The Kier molecular flexibility index (Phi) is 5.07. The number of nitrogens with zero attached hydrogens (tertiary/aromatic N) is 1. The largest absolute Gasteiger partial charge is 0.317 e. The summed E-state index contributed by atoms with van der Waals surface area (Å²) in [7, 11) is 0. The van der Waals surface area contributed by atoms with Crippen molar-refractivity contribution < 1.29 is 9.59 Å². The minimum absolute atomic E-state index is 0.0160. The third-order valence-corrected chi connectivity index (χ3v) is 6.90. The molecular formula is C22H15I2NO2. The maximum atomic E-state index is 13.3. The molecule has 0 radical (unpaired) electrons. The summed E-state index contributed by atoms with van der Waals surface area (Å²) >= 11 is 4.44. The van der Waals surface area contributed by atoms with Gasteiger partial charge in [0.05, 0.1) is 3.58 Å². The molecule has 0 unspecified atom stereocenters. The van der Waals surface area contributed by atoms with E-state index in [-0.39, 0.29) is 11.7 Å². The average Bonchev–Trinajstić information content (AvgIpc) is 2.88. The van der Waals surface area contributed by atoms with Crippen LogP contribution in [-0.2, 0) is 16.1 Å². The van der Waals surface area contributed by atoms with E-state index >= 15 is 0 Å². The summed E-state index contributed by atoms with van der Waals surface area (Å²) in [5.41, 5.74) is 2.26. The second-order valence-electron chi connectivity index (χ2n) is 6.43. The summed E-state index contributed by atoms with van der Waals surface area (Å²) in [5, 5.41) is 0. The van der Waals surface area contributed by atoms with Gasteiger partial charge in [-0.25, -0.2) is 0 Å². The van der Waals surface area contributed by atoms with E-state index in [2.05, 4.69) is 45.2 Å². The molecule has 3 nitrogen and oxygen atoms in total.